The molecule has 0 spiro atoms. The fourth-order valence-corrected chi connectivity index (χ4v) is 2.63. The van der Waals surface area contributed by atoms with Crippen LogP contribution in [0.2, 0.25) is 0 Å². The van der Waals surface area contributed by atoms with Crippen LogP contribution in [0.4, 0.5) is 0 Å². The molecule has 2 rings (SSSR count). The van der Waals surface area contributed by atoms with Gasteiger partial charge in [-0.3, -0.25) is 9.31 Å². The van der Waals surface area contributed by atoms with Crippen LogP contribution in [0, 0.1) is 0 Å². The lowest BCUT2D eigenvalue weighted by atomic mass is 10.1. The van der Waals surface area contributed by atoms with E-state index in [1.807, 2.05) is 25.1 Å². The molecule has 0 amide bonds. The third-order valence-electron chi connectivity index (χ3n) is 2.69. The van der Waals surface area contributed by atoms with Gasteiger partial charge in [-0.25, -0.2) is 4.98 Å². The molecule has 0 aliphatic heterocycles. The molecule has 18 heavy (non-hydrogen) atoms. The van der Waals surface area contributed by atoms with Crippen LogP contribution in [-0.4, -0.2) is 25.1 Å². The molecule has 0 bridgehead atoms. The van der Waals surface area contributed by atoms with Crippen molar-refractivity contribution in [2.24, 2.45) is 0 Å². The maximum absolute atomic E-state index is 11.9. The van der Waals surface area contributed by atoms with Crippen LogP contribution in [0.1, 0.15) is 24.7 Å². The summed E-state index contributed by atoms with van der Waals surface area (Å²) in [6.45, 7) is 1.99. The van der Waals surface area contributed by atoms with Gasteiger partial charge in [-0.1, -0.05) is 37.3 Å². The summed E-state index contributed by atoms with van der Waals surface area (Å²) in [6, 6.07) is 10.2. The van der Waals surface area contributed by atoms with Crippen molar-refractivity contribution in [1.29, 1.82) is 0 Å². The minimum Gasteiger partial charge on any atom is -0.262 e. The highest BCUT2D eigenvalue weighted by Gasteiger charge is 2.09. The molecule has 2 aromatic rings. The molecule has 0 radical (unpaired) electrons. The molecule has 0 unspecified atom stereocenters. The highest BCUT2D eigenvalue weighted by molar-refractivity contribution is 7.84. The van der Waals surface area contributed by atoms with E-state index in [1.165, 1.54) is 5.56 Å². The Balaban J connectivity index is 1.81. The van der Waals surface area contributed by atoms with Gasteiger partial charge in [0.1, 0.15) is 5.82 Å². The molecule has 0 saturated heterocycles. The maximum atomic E-state index is 11.9. The zero-order valence-corrected chi connectivity index (χ0v) is 11.2. The maximum Gasteiger partial charge on any atom is 0.238 e. The van der Waals surface area contributed by atoms with Crippen molar-refractivity contribution in [3.05, 3.63) is 41.7 Å². The van der Waals surface area contributed by atoms with E-state index in [1.54, 1.807) is 0 Å². The molecule has 0 fully saturated rings. The lowest BCUT2D eigenvalue weighted by molar-refractivity contribution is 0.673. The highest BCUT2D eigenvalue weighted by atomic mass is 32.2. The molecule has 1 heterocycles. The number of benzene rings is 1. The monoisotopic (exact) mass is 263 g/mol. The summed E-state index contributed by atoms with van der Waals surface area (Å²) in [5.41, 5.74) is 1.28. The van der Waals surface area contributed by atoms with Crippen LogP contribution in [0.5, 0.6) is 0 Å². The molecule has 0 aliphatic carbocycles. The van der Waals surface area contributed by atoms with Crippen molar-refractivity contribution in [3.8, 4) is 0 Å². The van der Waals surface area contributed by atoms with E-state index < -0.39 is 10.8 Å². The zero-order chi connectivity index (χ0) is 12.8. The Hall–Kier alpha value is -1.49. The average molecular weight is 263 g/mol. The van der Waals surface area contributed by atoms with Gasteiger partial charge in [0.2, 0.25) is 5.16 Å². The van der Waals surface area contributed by atoms with Crippen molar-refractivity contribution in [1.82, 2.24) is 15.2 Å². The van der Waals surface area contributed by atoms with Crippen molar-refractivity contribution in [2.75, 3.05) is 5.75 Å². The quantitative estimate of drug-likeness (QED) is 0.868. The first kappa shape index (κ1) is 13.0. The molecule has 0 saturated carbocycles. The van der Waals surface area contributed by atoms with Crippen molar-refractivity contribution >= 4 is 10.8 Å². The molecular formula is C13H17N3OS. The topological polar surface area (TPSA) is 58.6 Å². The molecule has 1 aromatic carbocycles. The predicted molar refractivity (Wildman–Crippen MR) is 71.8 cm³/mol. The van der Waals surface area contributed by atoms with Crippen LogP contribution in [0.3, 0.4) is 0 Å². The Morgan fingerprint density at radius 2 is 2.06 bits per heavy atom. The van der Waals surface area contributed by atoms with E-state index in [2.05, 4.69) is 27.3 Å². The number of H-pyrrole nitrogens is 1. The number of hydrogen-bond donors (Lipinski definition) is 1. The van der Waals surface area contributed by atoms with E-state index in [4.69, 9.17) is 0 Å². The second-order valence-electron chi connectivity index (χ2n) is 4.06. The van der Waals surface area contributed by atoms with Gasteiger partial charge >= 0.3 is 0 Å². The van der Waals surface area contributed by atoms with E-state index in [0.29, 0.717) is 10.9 Å². The van der Waals surface area contributed by atoms with Crippen LogP contribution in [0.25, 0.3) is 0 Å². The van der Waals surface area contributed by atoms with Crippen molar-refractivity contribution in [2.45, 2.75) is 31.3 Å². The van der Waals surface area contributed by atoms with Gasteiger partial charge in [-0.2, -0.15) is 0 Å². The Bertz CT molecular complexity index is 510. The Morgan fingerprint density at radius 3 is 2.72 bits per heavy atom. The zero-order valence-electron chi connectivity index (χ0n) is 10.4. The summed E-state index contributed by atoms with van der Waals surface area (Å²) in [5, 5.41) is 7.20. The van der Waals surface area contributed by atoms with E-state index >= 15 is 0 Å². The number of hydrogen-bond acceptors (Lipinski definition) is 3. The summed E-state index contributed by atoms with van der Waals surface area (Å²) in [4.78, 5) is 4.19. The smallest absolute Gasteiger partial charge is 0.238 e. The largest absolute Gasteiger partial charge is 0.262 e. The molecule has 1 aromatic heterocycles. The second kappa shape index (κ2) is 6.44. The van der Waals surface area contributed by atoms with Crippen molar-refractivity contribution in [3.63, 3.8) is 0 Å². The molecule has 4 nitrogen and oxygen atoms in total. The number of aromatic amines is 1. The molecule has 5 heteroatoms. The van der Waals surface area contributed by atoms with E-state index in [9.17, 15) is 4.21 Å². The number of aromatic nitrogens is 3. The number of nitrogens with one attached hydrogen (secondary N) is 1. The predicted octanol–water partition coefficient (Wildman–Crippen LogP) is 2.11. The summed E-state index contributed by atoms with van der Waals surface area (Å²) in [7, 11) is -1.09. The molecule has 0 aliphatic rings. The number of aryl methyl sites for hydroxylation is 2. The highest BCUT2D eigenvalue weighted by Crippen LogP contribution is 2.06. The van der Waals surface area contributed by atoms with Gasteiger partial charge in [0, 0.05) is 12.2 Å². The first-order valence-electron chi connectivity index (χ1n) is 6.13. The van der Waals surface area contributed by atoms with Crippen molar-refractivity contribution < 1.29 is 4.21 Å². The first-order valence-corrected chi connectivity index (χ1v) is 7.45. The Labute approximate surface area is 109 Å². The normalized spacial score (nSPS) is 12.5. The first-order chi connectivity index (χ1) is 8.79. The fourth-order valence-electron chi connectivity index (χ4n) is 1.68. The Kier molecular flexibility index (Phi) is 4.64. The van der Waals surface area contributed by atoms with Crippen LogP contribution in [0.15, 0.2) is 35.5 Å². The average Bonchev–Trinajstić information content (AvgIpc) is 2.89. The SMILES string of the molecule is CCc1nc([S@@](=O)CCCc2ccccc2)n[nH]1. The lowest BCUT2D eigenvalue weighted by Gasteiger charge is -1.99. The van der Waals surface area contributed by atoms with Gasteiger partial charge in [-0.05, 0) is 18.4 Å². The number of rotatable bonds is 6. The summed E-state index contributed by atoms with van der Waals surface area (Å²) < 4.78 is 11.9. The molecular weight excluding hydrogens is 246 g/mol. The standard InChI is InChI=1S/C13H17N3OS/c1-2-12-14-13(16-15-12)18(17)10-6-9-11-7-4-3-5-8-11/h3-5,7-8H,2,6,9-10H2,1H3,(H,14,15,16)/t18-/m0/s1. The fraction of sp³-hybridized carbons (Fsp3) is 0.385. The van der Waals surface area contributed by atoms with Crippen LogP contribution in [-0.2, 0) is 23.6 Å². The van der Waals surface area contributed by atoms with Gasteiger partial charge < -0.3 is 0 Å². The van der Waals surface area contributed by atoms with Gasteiger partial charge in [-0.15, -0.1) is 5.10 Å². The third-order valence-corrected chi connectivity index (χ3v) is 3.94. The minimum absolute atomic E-state index is 0.430. The van der Waals surface area contributed by atoms with Gasteiger partial charge in [0.15, 0.2) is 0 Å². The minimum atomic E-state index is -1.09. The van der Waals surface area contributed by atoms with Crippen LogP contribution >= 0.6 is 0 Å². The van der Waals surface area contributed by atoms with E-state index in [-0.39, 0.29) is 0 Å². The summed E-state index contributed by atoms with van der Waals surface area (Å²) in [6.07, 6.45) is 2.61. The summed E-state index contributed by atoms with van der Waals surface area (Å²) in [5.74, 6) is 1.40. The molecule has 1 atom stereocenters. The van der Waals surface area contributed by atoms with Gasteiger partial charge in [0.25, 0.3) is 0 Å². The Morgan fingerprint density at radius 1 is 1.28 bits per heavy atom. The van der Waals surface area contributed by atoms with E-state index in [0.717, 1.165) is 25.1 Å². The third kappa shape index (κ3) is 3.50. The van der Waals surface area contributed by atoms with Gasteiger partial charge in [0.05, 0.1) is 10.8 Å². The lowest BCUT2D eigenvalue weighted by Crippen LogP contribution is -2.02. The summed E-state index contributed by atoms with van der Waals surface area (Å²) >= 11 is 0. The molecule has 1 N–H and O–H groups in total. The second-order valence-corrected chi connectivity index (χ2v) is 5.52. The molecule has 96 valence electrons. The van der Waals surface area contributed by atoms with Crippen LogP contribution < -0.4 is 0 Å². The number of nitrogens with zero attached hydrogens (tertiary/aromatic N) is 2.